The zero-order valence-corrected chi connectivity index (χ0v) is 15.8. The van der Waals surface area contributed by atoms with E-state index in [1.165, 1.54) is 6.07 Å². The fourth-order valence-electron chi connectivity index (χ4n) is 2.64. The number of anilines is 1. The molecule has 1 N–H and O–H groups in total. The van der Waals surface area contributed by atoms with Gasteiger partial charge in [0.25, 0.3) is 10.0 Å². The second kappa shape index (κ2) is 7.09. The lowest BCUT2D eigenvalue weighted by molar-refractivity contribution is 0.570. The number of hydrogen-bond acceptors (Lipinski definition) is 3. The predicted octanol–water partition coefficient (Wildman–Crippen LogP) is 4.14. The Labute approximate surface area is 156 Å². The highest BCUT2D eigenvalue weighted by atomic mass is 35.5. The third-order valence-electron chi connectivity index (χ3n) is 3.80. The molecule has 26 heavy (non-hydrogen) atoms. The molecule has 0 aliphatic heterocycles. The van der Waals surface area contributed by atoms with Crippen LogP contribution in [0.4, 0.5) is 10.1 Å². The van der Waals surface area contributed by atoms with Crippen molar-refractivity contribution in [1.29, 1.82) is 0 Å². The largest absolute Gasteiger partial charge is 0.280 e. The Kier molecular flexibility index (Phi) is 5.02. The van der Waals surface area contributed by atoms with Crippen molar-refractivity contribution in [2.75, 3.05) is 4.72 Å². The van der Waals surface area contributed by atoms with E-state index in [-0.39, 0.29) is 5.02 Å². The molecule has 3 aromatic rings. The first kappa shape index (κ1) is 18.4. The monoisotopic (exact) mass is 393 g/mol. The van der Waals surface area contributed by atoms with Crippen LogP contribution in [0.1, 0.15) is 17.0 Å². The maximum Gasteiger partial charge on any atom is 0.264 e. The van der Waals surface area contributed by atoms with E-state index in [0.717, 1.165) is 29.1 Å². The first-order chi connectivity index (χ1) is 12.2. The Morgan fingerprint density at radius 1 is 1.15 bits per heavy atom. The molecule has 0 saturated carbocycles. The second-order valence-electron chi connectivity index (χ2n) is 5.97. The van der Waals surface area contributed by atoms with Crippen LogP contribution in [-0.4, -0.2) is 18.2 Å². The number of hydrogen-bond donors (Lipinski definition) is 1. The standard InChI is InChI=1S/C18H17ClFN3O2S/c1-12-8-13(2)23(21-12)11-14-4-3-5-16(9-14)22-26(24,25)18-7-6-15(19)10-17(18)20/h3-10,22H,11H2,1-2H3. The first-order valence-corrected chi connectivity index (χ1v) is 9.68. The van der Waals surface area contributed by atoms with E-state index < -0.39 is 20.7 Å². The molecule has 0 bridgehead atoms. The number of aromatic nitrogens is 2. The fraction of sp³-hybridized carbons (Fsp3) is 0.167. The van der Waals surface area contributed by atoms with Gasteiger partial charge < -0.3 is 0 Å². The van der Waals surface area contributed by atoms with Gasteiger partial charge in [0, 0.05) is 16.4 Å². The molecule has 1 heterocycles. The molecule has 0 saturated heterocycles. The summed E-state index contributed by atoms with van der Waals surface area (Å²) in [5, 5.41) is 4.53. The molecule has 0 aliphatic rings. The number of sulfonamides is 1. The molecule has 136 valence electrons. The van der Waals surface area contributed by atoms with Crippen LogP contribution in [0.5, 0.6) is 0 Å². The van der Waals surface area contributed by atoms with Crippen molar-refractivity contribution >= 4 is 27.3 Å². The summed E-state index contributed by atoms with van der Waals surface area (Å²) in [5.74, 6) is -0.899. The van der Waals surface area contributed by atoms with E-state index in [1.54, 1.807) is 18.2 Å². The van der Waals surface area contributed by atoms with Crippen molar-refractivity contribution in [2.45, 2.75) is 25.3 Å². The fourth-order valence-corrected chi connectivity index (χ4v) is 3.91. The van der Waals surface area contributed by atoms with Gasteiger partial charge >= 0.3 is 0 Å². The van der Waals surface area contributed by atoms with Gasteiger partial charge in [0.15, 0.2) is 0 Å². The number of benzene rings is 2. The SMILES string of the molecule is Cc1cc(C)n(Cc2cccc(NS(=O)(=O)c3ccc(Cl)cc3F)c2)n1. The number of rotatable bonds is 5. The zero-order chi connectivity index (χ0) is 18.9. The molecule has 0 amide bonds. The number of nitrogens with zero attached hydrogens (tertiary/aromatic N) is 2. The second-order valence-corrected chi connectivity index (χ2v) is 8.05. The number of aryl methyl sites for hydroxylation is 2. The van der Waals surface area contributed by atoms with Crippen LogP contribution in [0.25, 0.3) is 0 Å². The third kappa shape index (κ3) is 4.05. The number of halogens is 2. The van der Waals surface area contributed by atoms with Crippen molar-refractivity contribution in [3.8, 4) is 0 Å². The maximum absolute atomic E-state index is 13.9. The minimum atomic E-state index is -4.06. The predicted molar refractivity (Wildman–Crippen MR) is 99.5 cm³/mol. The van der Waals surface area contributed by atoms with Crippen LogP contribution in [0.2, 0.25) is 5.02 Å². The highest BCUT2D eigenvalue weighted by Crippen LogP contribution is 2.22. The summed E-state index contributed by atoms with van der Waals surface area (Å²) in [6.45, 7) is 4.37. The van der Waals surface area contributed by atoms with Gasteiger partial charge in [-0.25, -0.2) is 12.8 Å². The van der Waals surface area contributed by atoms with Gasteiger partial charge in [-0.2, -0.15) is 5.10 Å². The van der Waals surface area contributed by atoms with Crippen molar-refractivity contribution in [2.24, 2.45) is 0 Å². The summed E-state index contributed by atoms with van der Waals surface area (Å²) in [4.78, 5) is -0.453. The Morgan fingerprint density at radius 2 is 1.92 bits per heavy atom. The molecule has 3 rings (SSSR count). The van der Waals surface area contributed by atoms with Crippen molar-refractivity contribution in [1.82, 2.24) is 9.78 Å². The molecule has 1 aromatic heterocycles. The van der Waals surface area contributed by atoms with Gasteiger partial charge in [0.05, 0.1) is 12.2 Å². The van der Waals surface area contributed by atoms with Crippen LogP contribution >= 0.6 is 11.6 Å². The topological polar surface area (TPSA) is 64.0 Å². The van der Waals surface area contributed by atoms with Crippen LogP contribution in [0, 0.1) is 19.7 Å². The van der Waals surface area contributed by atoms with Crippen LogP contribution in [0.15, 0.2) is 53.4 Å². The Bertz CT molecular complexity index is 1060. The van der Waals surface area contributed by atoms with Crippen LogP contribution in [-0.2, 0) is 16.6 Å². The minimum Gasteiger partial charge on any atom is -0.280 e. The molecule has 0 fully saturated rings. The quantitative estimate of drug-likeness (QED) is 0.708. The molecule has 2 aromatic carbocycles. The highest BCUT2D eigenvalue weighted by molar-refractivity contribution is 7.92. The lowest BCUT2D eigenvalue weighted by Crippen LogP contribution is -2.15. The van der Waals surface area contributed by atoms with Gasteiger partial charge in [-0.05, 0) is 55.8 Å². The normalized spacial score (nSPS) is 11.5. The smallest absolute Gasteiger partial charge is 0.264 e. The average Bonchev–Trinajstić information content (AvgIpc) is 2.84. The lowest BCUT2D eigenvalue weighted by Gasteiger charge is -2.11. The van der Waals surface area contributed by atoms with Crippen LogP contribution in [0.3, 0.4) is 0 Å². The van der Waals surface area contributed by atoms with E-state index in [1.807, 2.05) is 30.7 Å². The zero-order valence-electron chi connectivity index (χ0n) is 14.2. The Balaban J connectivity index is 1.85. The molecular formula is C18H17ClFN3O2S. The van der Waals surface area contributed by atoms with Crippen LogP contribution < -0.4 is 4.72 Å². The van der Waals surface area contributed by atoms with Gasteiger partial charge in [0.2, 0.25) is 0 Å². The van der Waals surface area contributed by atoms with Crippen molar-refractivity contribution in [3.05, 3.63) is 76.3 Å². The Hall–Kier alpha value is -2.38. The Morgan fingerprint density at radius 3 is 2.58 bits per heavy atom. The molecule has 0 aliphatic carbocycles. The maximum atomic E-state index is 13.9. The number of nitrogens with one attached hydrogen (secondary N) is 1. The van der Waals surface area contributed by atoms with E-state index >= 15 is 0 Å². The van der Waals surface area contributed by atoms with Crippen molar-refractivity contribution in [3.63, 3.8) is 0 Å². The van der Waals surface area contributed by atoms with Gasteiger partial charge in [-0.15, -0.1) is 0 Å². The van der Waals surface area contributed by atoms with E-state index in [0.29, 0.717) is 12.2 Å². The van der Waals surface area contributed by atoms with Gasteiger partial charge in [-0.3, -0.25) is 9.40 Å². The molecule has 0 atom stereocenters. The highest BCUT2D eigenvalue weighted by Gasteiger charge is 2.19. The summed E-state index contributed by atoms with van der Waals surface area (Å²) in [5.41, 5.74) is 3.14. The van der Waals surface area contributed by atoms with Gasteiger partial charge in [-0.1, -0.05) is 23.7 Å². The van der Waals surface area contributed by atoms with E-state index in [2.05, 4.69) is 9.82 Å². The lowest BCUT2D eigenvalue weighted by atomic mass is 10.2. The summed E-state index contributed by atoms with van der Waals surface area (Å²) >= 11 is 5.68. The molecule has 8 heteroatoms. The first-order valence-electron chi connectivity index (χ1n) is 7.82. The summed E-state index contributed by atoms with van der Waals surface area (Å²) in [6.07, 6.45) is 0. The summed E-state index contributed by atoms with van der Waals surface area (Å²) in [6, 6.07) is 12.3. The van der Waals surface area contributed by atoms with E-state index in [9.17, 15) is 12.8 Å². The third-order valence-corrected chi connectivity index (χ3v) is 5.45. The molecule has 0 spiro atoms. The molecule has 0 unspecified atom stereocenters. The average molecular weight is 394 g/mol. The van der Waals surface area contributed by atoms with Crippen molar-refractivity contribution < 1.29 is 12.8 Å². The summed E-state index contributed by atoms with van der Waals surface area (Å²) in [7, 11) is -4.06. The summed E-state index contributed by atoms with van der Waals surface area (Å²) < 4.78 is 43.1. The molecule has 0 radical (unpaired) electrons. The molecular weight excluding hydrogens is 377 g/mol. The minimum absolute atomic E-state index is 0.133. The van der Waals surface area contributed by atoms with E-state index in [4.69, 9.17) is 11.6 Å². The van der Waals surface area contributed by atoms with Gasteiger partial charge in [0.1, 0.15) is 10.7 Å². The molecule has 5 nitrogen and oxygen atoms in total.